The highest BCUT2D eigenvalue weighted by Crippen LogP contribution is 2.22. The average molecular weight is 379 g/mol. The number of methoxy groups -OCH3 is 1. The van der Waals surface area contributed by atoms with E-state index < -0.39 is 0 Å². The molecular weight excluding hydrogens is 344 g/mol. The quantitative estimate of drug-likeness (QED) is 0.581. The third kappa shape index (κ3) is 5.67. The molecule has 2 aliphatic rings. The van der Waals surface area contributed by atoms with Crippen LogP contribution in [0.1, 0.15) is 24.5 Å². The van der Waals surface area contributed by atoms with Gasteiger partial charge in [0.15, 0.2) is 5.96 Å². The van der Waals surface area contributed by atoms with Crippen LogP contribution in [-0.4, -0.2) is 92.2 Å². The topological polar surface area (TPSA) is 67.2 Å². The van der Waals surface area contributed by atoms with Gasteiger partial charge < -0.3 is 24.6 Å². The number of piperidine rings is 1. The minimum absolute atomic E-state index is 0.0509. The van der Waals surface area contributed by atoms with Crippen molar-refractivity contribution < 1.29 is 9.47 Å². The standard InChI is InChI=1S/C19H34N6O2/c1-20-19(21-12-16-4-6-24(7-5-16)8-10-26-3)25-9-11-27-18(15-25)17-13-22-23(2)14-17/h13-14,16,18H,4-12,15H2,1-3H3,(H,20,21). The number of hydrogen-bond acceptors (Lipinski definition) is 5. The van der Waals surface area contributed by atoms with Crippen molar-refractivity contribution >= 4 is 5.96 Å². The highest BCUT2D eigenvalue weighted by Gasteiger charge is 2.26. The van der Waals surface area contributed by atoms with Gasteiger partial charge in [0.2, 0.25) is 0 Å². The fourth-order valence-electron chi connectivity index (χ4n) is 3.85. The van der Waals surface area contributed by atoms with Gasteiger partial charge in [0.25, 0.3) is 0 Å². The molecule has 27 heavy (non-hydrogen) atoms. The van der Waals surface area contributed by atoms with Gasteiger partial charge in [0, 0.05) is 52.6 Å². The Morgan fingerprint density at radius 1 is 1.37 bits per heavy atom. The van der Waals surface area contributed by atoms with Crippen molar-refractivity contribution in [3.8, 4) is 0 Å². The molecule has 1 aromatic rings. The van der Waals surface area contributed by atoms with Gasteiger partial charge in [-0.2, -0.15) is 5.10 Å². The molecule has 1 aromatic heterocycles. The molecule has 8 heteroatoms. The number of nitrogens with zero attached hydrogens (tertiary/aromatic N) is 5. The molecule has 1 unspecified atom stereocenters. The number of aryl methyl sites for hydroxylation is 1. The van der Waals surface area contributed by atoms with E-state index in [4.69, 9.17) is 9.47 Å². The predicted octanol–water partition coefficient (Wildman–Crippen LogP) is 0.727. The molecule has 2 saturated heterocycles. The van der Waals surface area contributed by atoms with Gasteiger partial charge in [0.05, 0.1) is 26.0 Å². The van der Waals surface area contributed by atoms with Crippen molar-refractivity contribution in [2.75, 3.05) is 66.6 Å². The number of morpholine rings is 1. The van der Waals surface area contributed by atoms with Crippen LogP contribution < -0.4 is 5.32 Å². The summed E-state index contributed by atoms with van der Waals surface area (Å²) < 4.78 is 13.0. The zero-order valence-corrected chi connectivity index (χ0v) is 16.9. The Morgan fingerprint density at radius 2 is 2.19 bits per heavy atom. The maximum Gasteiger partial charge on any atom is 0.193 e. The van der Waals surface area contributed by atoms with E-state index in [1.807, 2.05) is 31.2 Å². The lowest BCUT2D eigenvalue weighted by Crippen LogP contribution is -2.49. The van der Waals surface area contributed by atoms with Gasteiger partial charge in [-0.3, -0.25) is 9.67 Å². The Morgan fingerprint density at radius 3 is 2.85 bits per heavy atom. The lowest BCUT2D eigenvalue weighted by Gasteiger charge is -2.36. The zero-order valence-electron chi connectivity index (χ0n) is 16.9. The summed E-state index contributed by atoms with van der Waals surface area (Å²) in [6.45, 7) is 7.56. The number of aliphatic imine (C=N–C) groups is 1. The van der Waals surface area contributed by atoms with Crippen molar-refractivity contribution in [2.45, 2.75) is 18.9 Å². The first kappa shape index (κ1) is 20.1. The maximum atomic E-state index is 5.95. The SMILES string of the molecule is CN=C(NCC1CCN(CCOC)CC1)N1CCOC(c2cnn(C)c2)C1. The number of aromatic nitrogens is 2. The Labute approximate surface area is 162 Å². The summed E-state index contributed by atoms with van der Waals surface area (Å²) in [5.74, 6) is 1.68. The Bertz CT molecular complexity index is 597. The third-order valence-corrected chi connectivity index (χ3v) is 5.54. The highest BCUT2D eigenvalue weighted by atomic mass is 16.5. The van der Waals surface area contributed by atoms with Gasteiger partial charge >= 0.3 is 0 Å². The molecule has 0 amide bonds. The monoisotopic (exact) mass is 378 g/mol. The van der Waals surface area contributed by atoms with E-state index in [9.17, 15) is 0 Å². The van der Waals surface area contributed by atoms with E-state index in [0.29, 0.717) is 12.5 Å². The summed E-state index contributed by atoms with van der Waals surface area (Å²) in [5.41, 5.74) is 1.13. The van der Waals surface area contributed by atoms with Gasteiger partial charge in [-0.1, -0.05) is 0 Å². The zero-order chi connectivity index (χ0) is 19.1. The van der Waals surface area contributed by atoms with E-state index >= 15 is 0 Å². The van der Waals surface area contributed by atoms with Crippen molar-refractivity contribution in [1.29, 1.82) is 0 Å². The fraction of sp³-hybridized carbons (Fsp3) is 0.789. The van der Waals surface area contributed by atoms with Gasteiger partial charge in [-0.15, -0.1) is 0 Å². The molecule has 1 atom stereocenters. The molecule has 2 fully saturated rings. The van der Waals surface area contributed by atoms with Crippen LogP contribution in [0.25, 0.3) is 0 Å². The van der Waals surface area contributed by atoms with Crippen molar-refractivity contribution in [3.63, 3.8) is 0 Å². The number of nitrogens with one attached hydrogen (secondary N) is 1. The molecule has 0 aliphatic carbocycles. The molecule has 1 N–H and O–H groups in total. The summed E-state index contributed by atoms with van der Waals surface area (Å²) in [6, 6.07) is 0. The summed E-state index contributed by atoms with van der Waals surface area (Å²) in [6.07, 6.45) is 6.43. The number of rotatable bonds is 6. The number of likely N-dealkylation sites (tertiary alicyclic amines) is 1. The van der Waals surface area contributed by atoms with Gasteiger partial charge in [-0.25, -0.2) is 0 Å². The maximum absolute atomic E-state index is 5.95. The Hall–Kier alpha value is -1.64. The van der Waals surface area contributed by atoms with Crippen molar-refractivity contribution in [1.82, 2.24) is 24.9 Å². The van der Waals surface area contributed by atoms with Gasteiger partial charge in [-0.05, 0) is 31.8 Å². The first-order chi connectivity index (χ1) is 13.2. The molecule has 3 heterocycles. The molecule has 0 saturated carbocycles. The summed E-state index contributed by atoms with van der Waals surface area (Å²) in [5, 5.41) is 7.86. The van der Waals surface area contributed by atoms with Crippen LogP contribution in [0.4, 0.5) is 0 Å². The Balaban J connectivity index is 1.45. The summed E-state index contributed by atoms with van der Waals surface area (Å²) in [7, 11) is 5.57. The molecule has 0 bridgehead atoms. The number of hydrogen-bond donors (Lipinski definition) is 1. The van der Waals surface area contributed by atoms with E-state index in [0.717, 1.165) is 57.4 Å². The van der Waals surface area contributed by atoms with Crippen molar-refractivity contribution in [3.05, 3.63) is 18.0 Å². The first-order valence-electron chi connectivity index (χ1n) is 9.96. The predicted molar refractivity (Wildman–Crippen MR) is 106 cm³/mol. The average Bonchev–Trinajstić information content (AvgIpc) is 3.14. The second-order valence-electron chi connectivity index (χ2n) is 7.46. The smallest absolute Gasteiger partial charge is 0.193 e. The lowest BCUT2D eigenvalue weighted by molar-refractivity contribution is -0.00813. The molecule has 0 spiro atoms. The minimum atomic E-state index is 0.0509. The fourth-order valence-corrected chi connectivity index (χ4v) is 3.85. The molecular formula is C19H34N6O2. The molecule has 2 aliphatic heterocycles. The first-order valence-corrected chi connectivity index (χ1v) is 9.96. The van der Waals surface area contributed by atoms with Gasteiger partial charge in [0.1, 0.15) is 6.10 Å². The number of ether oxygens (including phenoxy) is 2. The van der Waals surface area contributed by atoms with Crippen molar-refractivity contribution in [2.24, 2.45) is 18.0 Å². The van der Waals surface area contributed by atoms with Crippen LogP contribution in [0.2, 0.25) is 0 Å². The number of guanidine groups is 1. The van der Waals surface area contributed by atoms with Crippen LogP contribution in [0.3, 0.4) is 0 Å². The minimum Gasteiger partial charge on any atom is -0.383 e. The van der Waals surface area contributed by atoms with E-state index in [1.54, 1.807) is 7.11 Å². The van der Waals surface area contributed by atoms with Crippen LogP contribution >= 0.6 is 0 Å². The van der Waals surface area contributed by atoms with E-state index in [2.05, 4.69) is 25.2 Å². The molecule has 8 nitrogen and oxygen atoms in total. The second-order valence-corrected chi connectivity index (χ2v) is 7.46. The molecule has 0 aromatic carbocycles. The van der Waals surface area contributed by atoms with Crippen LogP contribution in [0, 0.1) is 5.92 Å². The molecule has 152 valence electrons. The lowest BCUT2D eigenvalue weighted by atomic mass is 9.97. The van der Waals surface area contributed by atoms with Crippen LogP contribution in [0.15, 0.2) is 17.4 Å². The normalized spacial score (nSPS) is 23.0. The second kappa shape index (κ2) is 10.1. The van der Waals surface area contributed by atoms with Crippen LogP contribution in [-0.2, 0) is 16.5 Å². The third-order valence-electron chi connectivity index (χ3n) is 5.54. The van der Waals surface area contributed by atoms with E-state index in [1.165, 1.54) is 12.8 Å². The molecule has 3 rings (SSSR count). The van der Waals surface area contributed by atoms with Crippen LogP contribution in [0.5, 0.6) is 0 Å². The summed E-state index contributed by atoms with van der Waals surface area (Å²) >= 11 is 0. The van der Waals surface area contributed by atoms with E-state index in [-0.39, 0.29) is 6.10 Å². The summed E-state index contributed by atoms with van der Waals surface area (Å²) in [4.78, 5) is 9.31. The Kier molecular flexibility index (Phi) is 7.49. The largest absolute Gasteiger partial charge is 0.383 e. The highest BCUT2D eigenvalue weighted by molar-refractivity contribution is 5.80. The molecule has 0 radical (unpaired) electrons.